The first-order valence-corrected chi connectivity index (χ1v) is 10.2. The summed E-state index contributed by atoms with van der Waals surface area (Å²) in [5.74, 6) is 0.458. The van der Waals surface area contributed by atoms with E-state index < -0.39 is 0 Å². The number of carbonyl (C=O) groups is 1. The summed E-state index contributed by atoms with van der Waals surface area (Å²) < 4.78 is 19.4. The fraction of sp³-hybridized carbons (Fsp3) is 0.391. The van der Waals surface area contributed by atoms with E-state index in [-0.39, 0.29) is 47.9 Å². The Bertz CT molecular complexity index is 874. The van der Waals surface area contributed by atoms with Crippen molar-refractivity contribution in [2.24, 2.45) is 4.99 Å². The topological polar surface area (TPSA) is 66.0 Å². The van der Waals surface area contributed by atoms with E-state index in [1.54, 1.807) is 31.3 Å². The summed E-state index contributed by atoms with van der Waals surface area (Å²) in [6.07, 6.45) is -0.130. The summed E-state index contributed by atoms with van der Waals surface area (Å²) in [4.78, 5) is 18.7. The maximum Gasteiger partial charge on any atom is 0.251 e. The molecule has 0 saturated carbocycles. The maximum atomic E-state index is 13.3. The first-order chi connectivity index (χ1) is 14.5. The SMILES string of the molecule is CCNC(=NCc1ccc(C(=O)NC)cc1)N1CC(C)OC(c2ccc(F)cc2)C1.I. The van der Waals surface area contributed by atoms with E-state index in [0.29, 0.717) is 18.7 Å². The third-order valence-electron chi connectivity index (χ3n) is 4.99. The number of hydrogen-bond acceptors (Lipinski definition) is 3. The van der Waals surface area contributed by atoms with Crippen LogP contribution in [0.25, 0.3) is 0 Å². The molecule has 0 spiro atoms. The molecule has 168 valence electrons. The molecule has 3 rings (SSSR count). The molecule has 1 fully saturated rings. The Hall–Kier alpha value is -2.20. The average Bonchev–Trinajstić information content (AvgIpc) is 2.76. The van der Waals surface area contributed by atoms with Crippen molar-refractivity contribution in [3.05, 3.63) is 71.0 Å². The second-order valence-electron chi connectivity index (χ2n) is 7.34. The van der Waals surface area contributed by atoms with Gasteiger partial charge in [0.2, 0.25) is 0 Å². The zero-order chi connectivity index (χ0) is 21.5. The first kappa shape index (κ1) is 25.1. The number of hydrogen-bond donors (Lipinski definition) is 2. The standard InChI is InChI=1S/C23H29FN4O2.HI/c1-4-26-23(27-13-17-5-7-19(8-6-17)22(29)25-3)28-14-16(2)30-21(15-28)18-9-11-20(24)12-10-18;/h5-12,16,21H,4,13-15H2,1-3H3,(H,25,29)(H,26,27);1H. The van der Waals surface area contributed by atoms with Gasteiger partial charge in [-0.2, -0.15) is 0 Å². The molecule has 2 N–H and O–H groups in total. The molecule has 1 heterocycles. The number of morpholine rings is 1. The van der Waals surface area contributed by atoms with Crippen molar-refractivity contribution in [2.75, 3.05) is 26.7 Å². The molecule has 2 atom stereocenters. The average molecular weight is 540 g/mol. The third-order valence-corrected chi connectivity index (χ3v) is 4.99. The Morgan fingerprint density at radius 3 is 2.45 bits per heavy atom. The van der Waals surface area contributed by atoms with Gasteiger partial charge in [-0.15, -0.1) is 24.0 Å². The van der Waals surface area contributed by atoms with E-state index in [1.807, 2.05) is 26.0 Å². The highest BCUT2D eigenvalue weighted by Gasteiger charge is 2.28. The van der Waals surface area contributed by atoms with Gasteiger partial charge in [-0.05, 0) is 49.2 Å². The van der Waals surface area contributed by atoms with E-state index >= 15 is 0 Å². The van der Waals surface area contributed by atoms with Crippen LogP contribution < -0.4 is 10.6 Å². The van der Waals surface area contributed by atoms with Crippen molar-refractivity contribution in [3.8, 4) is 0 Å². The molecule has 2 aromatic rings. The number of nitrogens with zero attached hydrogens (tertiary/aromatic N) is 2. The van der Waals surface area contributed by atoms with Crippen LogP contribution in [0, 0.1) is 5.82 Å². The van der Waals surface area contributed by atoms with Crippen molar-refractivity contribution in [1.82, 2.24) is 15.5 Å². The number of carbonyl (C=O) groups excluding carboxylic acids is 1. The summed E-state index contributed by atoms with van der Waals surface area (Å²) in [5, 5.41) is 5.98. The number of halogens is 2. The van der Waals surface area contributed by atoms with Gasteiger partial charge in [-0.1, -0.05) is 24.3 Å². The molecular weight excluding hydrogens is 510 g/mol. The van der Waals surface area contributed by atoms with Crippen LogP contribution >= 0.6 is 24.0 Å². The van der Waals surface area contributed by atoms with Gasteiger partial charge in [0.05, 0.1) is 19.2 Å². The monoisotopic (exact) mass is 540 g/mol. The van der Waals surface area contributed by atoms with Crippen LogP contribution in [-0.2, 0) is 11.3 Å². The molecule has 2 unspecified atom stereocenters. The lowest BCUT2D eigenvalue weighted by molar-refractivity contribution is -0.0605. The number of amides is 1. The zero-order valence-corrected chi connectivity index (χ0v) is 20.4. The van der Waals surface area contributed by atoms with E-state index in [2.05, 4.69) is 15.5 Å². The van der Waals surface area contributed by atoms with E-state index in [9.17, 15) is 9.18 Å². The first-order valence-electron chi connectivity index (χ1n) is 10.2. The Morgan fingerprint density at radius 2 is 1.84 bits per heavy atom. The van der Waals surface area contributed by atoms with Crippen LogP contribution in [0.15, 0.2) is 53.5 Å². The number of benzene rings is 2. The molecule has 31 heavy (non-hydrogen) atoms. The zero-order valence-electron chi connectivity index (χ0n) is 18.1. The van der Waals surface area contributed by atoms with Crippen LogP contribution in [0.3, 0.4) is 0 Å². The molecular formula is C23H30FIN4O2. The predicted molar refractivity (Wildman–Crippen MR) is 131 cm³/mol. The second-order valence-corrected chi connectivity index (χ2v) is 7.34. The van der Waals surface area contributed by atoms with Crippen molar-refractivity contribution in [1.29, 1.82) is 0 Å². The molecule has 1 saturated heterocycles. The minimum Gasteiger partial charge on any atom is -0.367 e. The Kier molecular flexibility index (Phi) is 9.70. The number of rotatable bonds is 5. The van der Waals surface area contributed by atoms with Gasteiger partial charge in [0.1, 0.15) is 11.9 Å². The Morgan fingerprint density at radius 1 is 1.16 bits per heavy atom. The second kappa shape index (κ2) is 12.0. The fourth-order valence-corrected chi connectivity index (χ4v) is 3.48. The van der Waals surface area contributed by atoms with Gasteiger partial charge in [-0.25, -0.2) is 9.38 Å². The smallest absolute Gasteiger partial charge is 0.251 e. The lowest BCUT2D eigenvalue weighted by Gasteiger charge is -2.38. The van der Waals surface area contributed by atoms with Crippen LogP contribution in [0.2, 0.25) is 0 Å². The minimum atomic E-state index is -0.253. The summed E-state index contributed by atoms with van der Waals surface area (Å²) in [7, 11) is 1.62. The summed E-state index contributed by atoms with van der Waals surface area (Å²) >= 11 is 0. The molecule has 1 amide bonds. The lowest BCUT2D eigenvalue weighted by atomic mass is 10.1. The number of aliphatic imine (C=N–C) groups is 1. The van der Waals surface area contributed by atoms with Crippen molar-refractivity contribution in [2.45, 2.75) is 32.6 Å². The Labute approximate surface area is 200 Å². The largest absolute Gasteiger partial charge is 0.367 e. The summed E-state index contributed by atoms with van der Waals surface area (Å²) in [6.45, 7) is 6.68. The molecule has 0 bridgehead atoms. The molecule has 0 aliphatic carbocycles. The van der Waals surface area contributed by atoms with Gasteiger partial charge in [0.25, 0.3) is 5.91 Å². The summed E-state index contributed by atoms with van der Waals surface area (Å²) in [6, 6.07) is 13.9. The van der Waals surface area contributed by atoms with E-state index in [0.717, 1.165) is 30.2 Å². The molecule has 2 aromatic carbocycles. The molecule has 1 aliphatic rings. The summed E-state index contributed by atoms with van der Waals surface area (Å²) in [5.41, 5.74) is 2.60. The minimum absolute atomic E-state index is 0. The van der Waals surface area contributed by atoms with Crippen LogP contribution in [0.1, 0.15) is 41.4 Å². The Balaban J connectivity index is 0.00000341. The molecule has 0 radical (unpaired) electrons. The molecule has 6 nitrogen and oxygen atoms in total. The van der Waals surface area contributed by atoms with Gasteiger partial charge in [0, 0.05) is 25.7 Å². The van der Waals surface area contributed by atoms with Crippen molar-refractivity contribution < 1.29 is 13.9 Å². The number of guanidine groups is 1. The van der Waals surface area contributed by atoms with E-state index in [1.165, 1.54) is 12.1 Å². The quantitative estimate of drug-likeness (QED) is 0.345. The van der Waals surface area contributed by atoms with Crippen LogP contribution in [-0.4, -0.2) is 49.6 Å². The van der Waals surface area contributed by atoms with Crippen molar-refractivity contribution in [3.63, 3.8) is 0 Å². The third kappa shape index (κ3) is 6.90. The maximum absolute atomic E-state index is 13.3. The highest BCUT2D eigenvalue weighted by Crippen LogP contribution is 2.25. The van der Waals surface area contributed by atoms with Gasteiger partial charge < -0.3 is 20.3 Å². The number of ether oxygens (including phenoxy) is 1. The molecule has 1 aliphatic heterocycles. The normalized spacial score (nSPS) is 18.8. The van der Waals surface area contributed by atoms with Crippen molar-refractivity contribution >= 4 is 35.8 Å². The number of nitrogens with one attached hydrogen (secondary N) is 2. The van der Waals surface area contributed by atoms with Gasteiger partial charge in [-0.3, -0.25) is 4.79 Å². The lowest BCUT2D eigenvalue weighted by Crippen LogP contribution is -2.50. The van der Waals surface area contributed by atoms with Crippen LogP contribution in [0.4, 0.5) is 4.39 Å². The highest BCUT2D eigenvalue weighted by molar-refractivity contribution is 14.0. The molecule has 0 aromatic heterocycles. The van der Waals surface area contributed by atoms with Gasteiger partial charge >= 0.3 is 0 Å². The van der Waals surface area contributed by atoms with E-state index in [4.69, 9.17) is 9.73 Å². The highest BCUT2D eigenvalue weighted by atomic mass is 127. The predicted octanol–water partition coefficient (Wildman–Crippen LogP) is 3.73. The van der Waals surface area contributed by atoms with Gasteiger partial charge in [0.15, 0.2) is 5.96 Å². The van der Waals surface area contributed by atoms with Crippen LogP contribution in [0.5, 0.6) is 0 Å². The fourth-order valence-electron chi connectivity index (χ4n) is 3.48. The molecule has 8 heteroatoms.